The molecular weight excluding hydrogens is 314 g/mol. The van der Waals surface area contributed by atoms with Gasteiger partial charge < -0.3 is 9.53 Å². The summed E-state index contributed by atoms with van der Waals surface area (Å²) in [4.78, 5) is 22.6. The quantitative estimate of drug-likeness (QED) is 0.565. The first-order valence-corrected chi connectivity index (χ1v) is 9.86. The molecule has 7 atom stereocenters. The SMILES string of the molecule is CC(=O)OC1CCC2(C)C(CCC3C(CC=O)C(C)(C#N)CCC32)C1. The summed E-state index contributed by atoms with van der Waals surface area (Å²) in [6.07, 6.45) is 8.86. The van der Waals surface area contributed by atoms with Crippen molar-refractivity contribution in [2.75, 3.05) is 0 Å². The molecule has 0 aromatic rings. The van der Waals surface area contributed by atoms with Gasteiger partial charge in [0.15, 0.2) is 0 Å². The number of ether oxygens (including phenoxy) is 1. The zero-order valence-electron chi connectivity index (χ0n) is 15.8. The van der Waals surface area contributed by atoms with Gasteiger partial charge in [0.1, 0.15) is 12.4 Å². The maximum absolute atomic E-state index is 11.3. The van der Waals surface area contributed by atoms with Gasteiger partial charge in [-0.15, -0.1) is 0 Å². The number of hydrogen-bond donors (Lipinski definition) is 0. The van der Waals surface area contributed by atoms with Gasteiger partial charge in [0.2, 0.25) is 0 Å². The molecule has 0 radical (unpaired) electrons. The Labute approximate surface area is 151 Å². The maximum Gasteiger partial charge on any atom is 0.302 e. The third-order valence-electron chi connectivity index (χ3n) is 7.95. The van der Waals surface area contributed by atoms with Gasteiger partial charge in [0.25, 0.3) is 0 Å². The van der Waals surface area contributed by atoms with Gasteiger partial charge in [0.05, 0.1) is 11.5 Å². The highest BCUT2D eigenvalue weighted by Gasteiger charge is 2.57. The summed E-state index contributed by atoms with van der Waals surface area (Å²) < 4.78 is 5.50. The average Bonchev–Trinajstić information content (AvgIpc) is 2.57. The van der Waals surface area contributed by atoms with E-state index in [1.165, 1.54) is 6.92 Å². The number of carbonyl (C=O) groups is 2. The molecule has 3 rings (SSSR count). The molecule has 4 heteroatoms. The van der Waals surface area contributed by atoms with Gasteiger partial charge >= 0.3 is 5.97 Å². The van der Waals surface area contributed by atoms with Crippen LogP contribution in [0.15, 0.2) is 0 Å². The normalized spacial score (nSPS) is 46.2. The second kappa shape index (κ2) is 6.74. The molecule has 0 spiro atoms. The molecule has 0 aromatic carbocycles. The first kappa shape index (κ1) is 18.4. The Morgan fingerprint density at radius 2 is 2.00 bits per heavy atom. The summed E-state index contributed by atoms with van der Waals surface area (Å²) in [5, 5.41) is 9.74. The predicted octanol–water partition coefficient (Wildman–Crippen LogP) is 4.28. The van der Waals surface area contributed by atoms with Crippen molar-refractivity contribution in [3.8, 4) is 6.07 Å². The van der Waals surface area contributed by atoms with E-state index < -0.39 is 0 Å². The fourth-order valence-electron chi connectivity index (χ4n) is 6.56. The predicted molar refractivity (Wildman–Crippen MR) is 94.3 cm³/mol. The number of fused-ring (bicyclic) bond motifs is 3. The molecule has 0 amide bonds. The molecule has 25 heavy (non-hydrogen) atoms. The number of nitrogens with zero attached hydrogens (tertiary/aromatic N) is 1. The molecule has 0 heterocycles. The molecule has 3 saturated carbocycles. The largest absolute Gasteiger partial charge is 0.463 e. The van der Waals surface area contributed by atoms with Crippen LogP contribution >= 0.6 is 0 Å². The second-order valence-corrected chi connectivity index (χ2v) is 9.13. The molecule has 0 saturated heterocycles. The standard InChI is InChI=1S/C21H31NO3/c1-14(24)25-16-6-10-21(3)15(12-16)4-5-17-18(8-11-23)20(2,13-22)9-7-19(17)21/h11,15-19H,4-10,12H2,1-3H3. The summed E-state index contributed by atoms with van der Waals surface area (Å²) in [6.45, 7) is 5.98. The number of carbonyl (C=O) groups excluding carboxylic acids is 2. The Balaban J connectivity index is 1.81. The van der Waals surface area contributed by atoms with Crippen LogP contribution in [0.25, 0.3) is 0 Å². The lowest BCUT2D eigenvalue weighted by molar-refractivity contribution is -0.159. The summed E-state index contributed by atoms with van der Waals surface area (Å²) in [6, 6.07) is 2.55. The van der Waals surface area contributed by atoms with Crippen LogP contribution in [-0.4, -0.2) is 18.4 Å². The van der Waals surface area contributed by atoms with E-state index in [9.17, 15) is 14.9 Å². The van der Waals surface area contributed by atoms with E-state index >= 15 is 0 Å². The van der Waals surface area contributed by atoms with Crippen LogP contribution in [0.3, 0.4) is 0 Å². The van der Waals surface area contributed by atoms with Crippen molar-refractivity contribution in [3.05, 3.63) is 0 Å². The van der Waals surface area contributed by atoms with Crippen molar-refractivity contribution < 1.29 is 14.3 Å². The van der Waals surface area contributed by atoms with Crippen LogP contribution in [-0.2, 0) is 14.3 Å². The van der Waals surface area contributed by atoms with Crippen molar-refractivity contribution in [3.63, 3.8) is 0 Å². The van der Waals surface area contributed by atoms with Gasteiger partial charge in [-0.05, 0) is 81.0 Å². The first-order chi connectivity index (χ1) is 11.8. The number of hydrogen-bond acceptors (Lipinski definition) is 4. The van der Waals surface area contributed by atoms with E-state index in [2.05, 4.69) is 19.9 Å². The highest BCUT2D eigenvalue weighted by Crippen LogP contribution is 2.63. The third-order valence-corrected chi connectivity index (χ3v) is 7.95. The minimum atomic E-state index is -0.361. The molecule has 3 aliphatic carbocycles. The Morgan fingerprint density at radius 3 is 2.64 bits per heavy atom. The molecule has 0 aromatic heterocycles. The van der Waals surface area contributed by atoms with Crippen molar-refractivity contribution >= 4 is 12.3 Å². The molecule has 0 N–H and O–H groups in total. The van der Waals surface area contributed by atoms with Crippen LogP contribution < -0.4 is 0 Å². The Bertz CT molecular complexity index is 582. The molecule has 3 fully saturated rings. The molecule has 0 bridgehead atoms. The minimum Gasteiger partial charge on any atom is -0.463 e. The van der Waals surface area contributed by atoms with Crippen LogP contribution in [0.4, 0.5) is 0 Å². The number of esters is 1. The summed E-state index contributed by atoms with van der Waals surface area (Å²) in [7, 11) is 0. The third kappa shape index (κ3) is 3.11. The topological polar surface area (TPSA) is 67.2 Å². The van der Waals surface area contributed by atoms with Gasteiger partial charge in [-0.3, -0.25) is 4.79 Å². The van der Waals surface area contributed by atoms with E-state index in [0.717, 1.165) is 51.2 Å². The first-order valence-electron chi connectivity index (χ1n) is 9.86. The minimum absolute atomic E-state index is 0.0749. The maximum atomic E-state index is 11.3. The lowest BCUT2D eigenvalue weighted by atomic mass is 9.44. The Hall–Kier alpha value is -1.37. The molecule has 0 aliphatic heterocycles. The highest BCUT2D eigenvalue weighted by molar-refractivity contribution is 5.66. The average molecular weight is 345 g/mol. The van der Waals surface area contributed by atoms with Crippen LogP contribution in [0, 0.1) is 45.8 Å². The van der Waals surface area contributed by atoms with E-state index in [1.807, 2.05) is 0 Å². The summed E-state index contributed by atoms with van der Waals surface area (Å²) in [5.74, 6) is 1.69. The number of aldehydes is 1. The van der Waals surface area contributed by atoms with Gasteiger partial charge in [-0.25, -0.2) is 0 Å². The van der Waals surface area contributed by atoms with Crippen LogP contribution in [0.2, 0.25) is 0 Å². The fraction of sp³-hybridized carbons (Fsp3) is 0.857. The van der Waals surface area contributed by atoms with Crippen molar-refractivity contribution in [2.24, 2.45) is 34.5 Å². The Kier molecular flexibility index (Phi) is 4.97. The van der Waals surface area contributed by atoms with Gasteiger partial charge in [0, 0.05) is 13.3 Å². The molecule has 4 nitrogen and oxygen atoms in total. The molecule has 138 valence electrons. The van der Waals surface area contributed by atoms with Crippen molar-refractivity contribution in [1.82, 2.24) is 0 Å². The van der Waals surface area contributed by atoms with Crippen molar-refractivity contribution in [2.45, 2.75) is 78.2 Å². The zero-order chi connectivity index (χ0) is 18.2. The van der Waals surface area contributed by atoms with E-state index in [0.29, 0.717) is 24.2 Å². The summed E-state index contributed by atoms with van der Waals surface area (Å²) >= 11 is 0. The van der Waals surface area contributed by atoms with E-state index in [1.54, 1.807) is 0 Å². The molecule has 7 unspecified atom stereocenters. The van der Waals surface area contributed by atoms with E-state index in [4.69, 9.17) is 4.74 Å². The lowest BCUT2D eigenvalue weighted by Crippen LogP contribution is -2.54. The highest BCUT2D eigenvalue weighted by atomic mass is 16.5. The zero-order valence-corrected chi connectivity index (χ0v) is 15.8. The fourth-order valence-corrected chi connectivity index (χ4v) is 6.56. The van der Waals surface area contributed by atoms with Crippen molar-refractivity contribution in [1.29, 1.82) is 5.26 Å². The monoisotopic (exact) mass is 345 g/mol. The smallest absolute Gasteiger partial charge is 0.302 e. The molecule has 3 aliphatic rings. The van der Waals surface area contributed by atoms with Crippen LogP contribution in [0.1, 0.15) is 72.1 Å². The Morgan fingerprint density at radius 1 is 1.24 bits per heavy atom. The van der Waals surface area contributed by atoms with E-state index in [-0.39, 0.29) is 28.8 Å². The van der Waals surface area contributed by atoms with Crippen LogP contribution in [0.5, 0.6) is 0 Å². The van der Waals surface area contributed by atoms with Gasteiger partial charge in [-0.2, -0.15) is 5.26 Å². The number of rotatable bonds is 3. The lowest BCUT2D eigenvalue weighted by Gasteiger charge is -2.60. The second-order valence-electron chi connectivity index (χ2n) is 9.13. The van der Waals surface area contributed by atoms with Gasteiger partial charge in [-0.1, -0.05) is 6.92 Å². The number of nitriles is 1. The summed E-state index contributed by atoms with van der Waals surface area (Å²) in [5.41, 5.74) is -0.0995. The molecular formula is C21H31NO3.